The molecule has 1 unspecified atom stereocenters. The highest BCUT2D eigenvalue weighted by atomic mass is 16.3. The van der Waals surface area contributed by atoms with Gasteiger partial charge in [-0.15, -0.1) is 0 Å². The summed E-state index contributed by atoms with van der Waals surface area (Å²) in [6, 6.07) is 10.0. The molecular formula is C14H17NO. The number of aliphatic hydroxyl groups is 1. The van der Waals surface area contributed by atoms with Crippen LogP contribution in [-0.4, -0.2) is 36.2 Å². The van der Waals surface area contributed by atoms with Gasteiger partial charge in [-0.3, -0.25) is 4.90 Å². The highest BCUT2D eigenvalue weighted by Gasteiger charge is 2.20. The minimum Gasteiger partial charge on any atom is -0.396 e. The van der Waals surface area contributed by atoms with E-state index in [1.165, 1.54) is 0 Å². The Morgan fingerprint density at radius 3 is 2.81 bits per heavy atom. The van der Waals surface area contributed by atoms with Gasteiger partial charge >= 0.3 is 0 Å². The monoisotopic (exact) mass is 215 g/mol. The van der Waals surface area contributed by atoms with E-state index >= 15 is 0 Å². The third kappa shape index (κ3) is 3.10. The van der Waals surface area contributed by atoms with Gasteiger partial charge in [-0.2, -0.15) is 0 Å². The molecule has 1 saturated heterocycles. The van der Waals surface area contributed by atoms with Gasteiger partial charge < -0.3 is 5.11 Å². The van der Waals surface area contributed by atoms with Crippen LogP contribution >= 0.6 is 0 Å². The van der Waals surface area contributed by atoms with Crippen molar-refractivity contribution in [2.75, 3.05) is 26.2 Å². The molecule has 0 saturated carbocycles. The summed E-state index contributed by atoms with van der Waals surface area (Å²) in [5, 5.41) is 9.02. The zero-order valence-corrected chi connectivity index (χ0v) is 9.39. The highest BCUT2D eigenvalue weighted by molar-refractivity contribution is 5.33. The van der Waals surface area contributed by atoms with Crippen LogP contribution in [0, 0.1) is 17.8 Å². The summed E-state index contributed by atoms with van der Waals surface area (Å²) < 4.78 is 0. The summed E-state index contributed by atoms with van der Waals surface area (Å²) in [5.41, 5.74) is 1.07. The Labute approximate surface area is 96.9 Å². The van der Waals surface area contributed by atoms with E-state index in [-0.39, 0.29) is 0 Å². The minimum absolute atomic E-state index is 0.308. The standard InChI is InChI=1S/C14H17NO/c16-12-14-8-10-15(11-14)9-4-7-13-5-2-1-3-6-13/h1-3,5-6,14,16H,8-12H2. The summed E-state index contributed by atoms with van der Waals surface area (Å²) in [5.74, 6) is 6.79. The fourth-order valence-corrected chi connectivity index (χ4v) is 1.98. The van der Waals surface area contributed by atoms with Gasteiger partial charge in [0.2, 0.25) is 0 Å². The van der Waals surface area contributed by atoms with E-state index in [1.807, 2.05) is 30.3 Å². The average Bonchev–Trinajstić information content (AvgIpc) is 2.78. The predicted octanol–water partition coefficient (Wildman–Crippen LogP) is 1.35. The molecule has 1 fully saturated rings. The van der Waals surface area contributed by atoms with Gasteiger partial charge in [0.05, 0.1) is 6.54 Å². The van der Waals surface area contributed by atoms with Gasteiger partial charge in [0.15, 0.2) is 0 Å². The van der Waals surface area contributed by atoms with E-state index in [2.05, 4.69) is 16.7 Å². The molecule has 1 aromatic carbocycles. The molecule has 16 heavy (non-hydrogen) atoms. The van der Waals surface area contributed by atoms with Crippen LogP contribution in [0.4, 0.5) is 0 Å². The SMILES string of the molecule is OCC1CCN(CC#Cc2ccccc2)C1. The van der Waals surface area contributed by atoms with Crippen molar-refractivity contribution < 1.29 is 5.11 Å². The Hall–Kier alpha value is -1.30. The topological polar surface area (TPSA) is 23.5 Å². The van der Waals surface area contributed by atoms with Crippen LogP contribution in [0.25, 0.3) is 0 Å². The summed E-state index contributed by atoms with van der Waals surface area (Å²) in [6.07, 6.45) is 1.10. The molecule has 0 amide bonds. The van der Waals surface area contributed by atoms with Gasteiger partial charge in [-0.25, -0.2) is 0 Å². The first-order valence-electron chi connectivity index (χ1n) is 5.75. The largest absolute Gasteiger partial charge is 0.396 e. The van der Waals surface area contributed by atoms with Crippen LogP contribution in [0.15, 0.2) is 30.3 Å². The normalized spacial score (nSPS) is 20.4. The molecule has 84 valence electrons. The number of likely N-dealkylation sites (tertiary alicyclic amines) is 1. The van der Waals surface area contributed by atoms with Crippen molar-refractivity contribution in [3.8, 4) is 11.8 Å². The first-order chi connectivity index (χ1) is 7.88. The minimum atomic E-state index is 0.308. The molecule has 2 heteroatoms. The molecular weight excluding hydrogens is 198 g/mol. The van der Waals surface area contributed by atoms with E-state index in [4.69, 9.17) is 5.11 Å². The lowest BCUT2D eigenvalue weighted by atomic mass is 10.1. The lowest BCUT2D eigenvalue weighted by Crippen LogP contribution is -2.21. The smallest absolute Gasteiger partial charge is 0.0605 e. The van der Waals surface area contributed by atoms with Gasteiger partial charge in [0.1, 0.15) is 0 Å². The first-order valence-corrected chi connectivity index (χ1v) is 5.75. The van der Waals surface area contributed by atoms with E-state index in [0.717, 1.165) is 31.6 Å². The van der Waals surface area contributed by atoms with Gasteiger partial charge in [-0.1, -0.05) is 30.0 Å². The molecule has 0 aromatic heterocycles. The van der Waals surface area contributed by atoms with Crippen LogP contribution in [0.5, 0.6) is 0 Å². The second-order valence-corrected chi connectivity index (χ2v) is 4.24. The van der Waals surface area contributed by atoms with Gasteiger partial charge in [0, 0.05) is 18.7 Å². The van der Waals surface area contributed by atoms with E-state index < -0.39 is 0 Å². The van der Waals surface area contributed by atoms with E-state index in [9.17, 15) is 0 Å². The molecule has 2 rings (SSSR count). The second-order valence-electron chi connectivity index (χ2n) is 4.24. The maximum Gasteiger partial charge on any atom is 0.0605 e. The average molecular weight is 215 g/mol. The molecule has 1 atom stereocenters. The van der Waals surface area contributed by atoms with Crippen LogP contribution in [0.2, 0.25) is 0 Å². The van der Waals surface area contributed by atoms with E-state index in [1.54, 1.807) is 0 Å². The number of nitrogens with zero attached hydrogens (tertiary/aromatic N) is 1. The van der Waals surface area contributed by atoms with E-state index in [0.29, 0.717) is 12.5 Å². The quantitative estimate of drug-likeness (QED) is 0.753. The maximum absolute atomic E-state index is 9.02. The highest BCUT2D eigenvalue weighted by Crippen LogP contribution is 2.14. The molecule has 1 N–H and O–H groups in total. The molecule has 1 aliphatic rings. The fraction of sp³-hybridized carbons (Fsp3) is 0.429. The number of hydrogen-bond acceptors (Lipinski definition) is 2. The molecule has 0 aliphatic carbocycles. The number of benzene rings is 1. The van der Waals surface area contributed by atoms with Crippen LogP contribution in [-0.2, 0) is 0 Å². The summed E-state index contributed by atoms with van der Waals surface area (Å²) in [6.45, 7) is 3.17. The summed E-state index contributed by atoms with van der Waals surface area (Å²) in [4.78, 5) is 2.30. The molecule has 0 spiro atoms. The van der Waals surface area contributed by atoms with Crippen molar-refractivity contribution in [2.24, 2.45) is 5.92 Å². The molecule has 0 radical (unpaired) electrons. The fourth-order valence-electron chi connectivity index (χ4n) is 1.98. The molecule has 1 aromatic rings. The van der Waals surface area contributed by atoms with Crippen LogP contribution in [0.1, 0.15) is 12.0 Å². The van der Waals surface area contributed by atoms with Gasteiger partial charge in [-0.05, 0) is 31.0 Å². The lowest BCUT2D eigenvalue weighted by molar-refractivity contribution is 0.225. The van der Waals surface area contributed by atoms with Crippen molar-refractivity contribution >= 4 is 0 Å². The van der Waals surface area contributed by atoms with Crippen molar-refractivity contribution in [3.63, 3.8) is 0 Å². The molecule has 0 bridgehead atoms. The first kappa shape index (κ1) is 11.2. The Bertz CT molecular complexity index is 377. The number of rotatable bonds is 2. The molecule has 1 heterocycles. The van der Waals surface area contributed by atoms with Crippen LogP contribution < -0.4 is 0 Å². The Morgan fingerprint density at radius 1 is 1.31 bits per heavy atom. The third-order valence-electron chi connectivity index (χ3n) is 2.94. The molecule has 2 nitrogen and oxygen atoms in total. The van der Waals surface area contributed by atoms with Crippen molar-refractivity contribution in [1.29, 1.82) is 0 Å². The second kappa shape index (κ2) is 5.69. The van der Waals surface area contributed by atoms with Gasteiger partial charge in [0.25, 0.3) is 0 Å². The number of hydrogen-bond donors (Lipinski definition) is 1. The van der Waals surface area contributed by atoms with Crippen LogP contribution in [0.3, 0.4) is 0 Å². The zero-order valence-electron chi connectivity index (χ0n) is 9.39. The molecule has 1 aliphatic heterocycles. The maximum atomic E-state index is 9.02. The Balaban J connectivity index is 1.82. The lowest BCUT2D eigenvalue weighted by Gasteiger charge is -2.10. The Morgan fingerprint density at radius 2 is 2.12 bits per heavy atom. The van der Waals surface area contributed by atoms with Crippen molar-refractivity contribution in [3.05, 3.63) is 35.9 Å². The van der Waals surface area contributed by atoms with Crippen molar-refractivity contribution in [1.82, 2.24) is 4.90 Å². The summed E-state index contributed by atoms with van der Waals surface area (Å²) in [7, 11) is 0. The summed E-state index contributed by atoms with van der Waals surface area (Å²) >= 11 is 0. The zero-order chi connectivity index (χ0) is 11.2. The van der Waals surface area contributed by atoms with Crippen molar-refractivity contribution in [2.45, 2.75) is 6.42 Å². The Kier molecular flexibility index (Phi) is 3.98. The number of aliphatic hydroxyl groups excluding tert-OH is 1. The predicted molar refractivity (Wildman–Crippen MR) is 65.0 cm³/mol. The third-order valence-corrected chi connectivity index (χ3v) is 2.94.